The number of nitrogens with zero attached hydrogens (tertiary/aromatic N) is 3. The molecule has 0 aliphatic heterocycles. The van der Waals surface area contributed by atoms with Gasteiger partial charge in [-0.15, -0.1) is 11.3 Å². The number of rotatable bonds is 5. The van der Waals surface area contributed by atoms with Gasteiger partial charge in [0.2, 0.25) is 5.91 Å². The highest BCUT2D eigenvalue weighted by Crippen LogP contribution is 2.27. The van der Waals surface area contributed by atoms with Gasteiger partial charge in [0.25, 0.3) is 5.91 Å². The van der Waals surface area contributed by atoms with Crippen LogP contribution >= 0.6 is 11.3 Å². The Hall–Kier alpha value is -3.85. The van der Waals surface area contributed by atoms with E-state index in [1.165, 1.54) is 18.3 Å². The van der Waals surface area contributed by atoms with Gasteiger partial charge in [-0.05, 0) is 24.3 Å². The predicted molar refractivity (Wildman–Crippen MR) is 110 cm³/mol. The number of anilines is 2. The zero-order valence-corrected chi connectivity index (χ0v) is 16.1. The first-order valence-electron chi connectivity index (χ1n) is 8.60. The Morgan fingerprint density at radius 2 is 1.76 bits per heavy atom. The first-order valence-corrected chi connectivity index (χ1v) is 9.48. The van der Waals surface area contributed by atoms with Crippen molar-refractivity contribution in [3.63, 3.8) is 0 Å². The summed E-state index contributed by atoms with van der Waals surface area (Å²) in [7, 11) is 0. The van der Waals surface area contributed by atoms with Gasteiger partial charge in [0, 0.05) is 47.6 Å². The number of carbonyl (C=O) groups is 2. The molecule has 4 aromatic rings. The molecule has 3 heterocycles. The van der Waals surface area contributed by atoms with Crippen LogP contribution in [0.25, 0.3) is 22.6 Å². The van der Waals surface area contributed by atoms with Crippen molar-refractivity contribution in [3.8, 4) is 22.6 Å². The number of carbonyl (C=O) groups excluding carboxylic acids is 2. The molecule has 2 N–H and O–H groups in total. The summed E-state index contributed by atoms with van der Waals surface area (Å²) in [5.74, 6) is -0.0519. The van der Waals surface area contributed by atoms with Crippen LogP contribution < -0.4 is 10.6 Å². The number of pyridine rings is 1. The lowest BCUT2D eigenvalue weighted by Crippen LogP contribution is -2.11. The third-order valence-electron chi connectivity index (χ3n) is 3.93. The average molecular weight is 405 g/mol. The predicted octanol–water partition coefficient (Wildman–Crippen LogP) is 4.07. The Kier molecular flexibility index (Phi) is 5.12. The smallest absolute Gasteiger partial charge is 0.279 e. The molecule has 9 heteroatoms. The second-order valence-electron chi connectivity index (χ2n) is 6.06. The van der Waals surface area contributed by atoms with E-state index < -0.39 is 5.91 Å². The van der Waals surface area contributed by atoms with Crippen LogP contribution in [-0.2, 0) is 4.79 Å². The third kappa shape index (κ3) is 4.36. The number of thiazole rings is 1. The van der Waals surface area contributed by atoms with Crippen LogP contribution in [-0.4, -0.2) is 26.9 Å². The van der Waals surface area contributed by atoms with E-state index in [9.17, 15) is 9.59 Å². The maximum atomic E-state index is 12.4. The van der Waals surface area contributed by atoms with Gasteiger partial charge < -0.3 is 9.84 Å². The summed E-state index contributed by atoms with van der Waals surface area (Å²) in [6.45, 7) is 1.46. The molecule has 1 aromatic carbocycles. The van der Waals surface area contributed by atoms with E-state index in [0.29, 0.717) is 16.6 Å². The monoisotopic (exact) mass is 405 g/mol. The van der Waals surface area contributed by atoms with E-state index in [1.807, 2.05) is 17.5 Å². The molecule has 0 unspecified atom stereocenters. The minimum Gasteiger partial charge on any atom is -0.355 e. The normalized spacial score (nSPS) is 10.5. The highest BCUT2D eigenvalue weighted by atomic mass is 32.1. The Labute approximate surface area is 169 Å². The molecule has 0 bridgehead atoms. The van der Waals surface area contributed by atoms with Crippen molar-refractivity contribution in [2.75, 3.05) is 10.6 Å². The topological polar surface area (TPSA) is 110 Å². The fraction of sp³-hybridized carbons (Fsp3) is 0.0500. The van der Waals surface area contributed by atoms with Crippen LogP contribution in [0.2, 0.25) is 0 Å². The zero-order chi connectivity index (χ0) is 20.2. The van der Waals surface area contributed by atoms with Crippen LogP contribution in [0.5, 0.6) is 0 Å². The summed E-state index contributed by atoms with van der Waals surface area (Å²) in [5, 5.41) is 11.6. The third-order valence-corrected chi connectivity index (χ3v) is 4.69. The molecular weight excluding hydrogens is 390 g/mol. The van der Waals surface area contributed by atoms with Crippen molar-refractivity contribution in [2.45, 2.75) is 6.92 Å². The van der Waals surface area contributed by atoms with E-state index in [0.717, 1.165) is 16.8 Å². The summed E-state index contributed by atoms with van der Waals surface area (Å²) in [6, 6.07) is 12.4. The molecular formula is C20H15N5O3S. The lowest BCUT2D eigenvalue weighted by molar-refractivity contribution is -0.114. The van der Waals surface area contributed by atoms with Crippen molar-refractivity contribution in [1.29, 1.82) is 0 Å². The number of hydrogen-bond acceptors (Lipinski definition) is 7. The van der Waals surface area contributed by atoms with Crippen LogP contribution in [0.1, 0.15) is 17.4 Å². The lowest BCUT2D eigenvalue weighted by Gasteiger charge is -2.02. The molecule has 0 aliphatic carbocycles. The first kappa shape index (κ1) is 18.5. The van der Waals surface area contributed by atoms with E-state index in [1.54, 1.807) is 42.7 Å². The van der Waals surface area contributed by atoms with E-state index in [-0.39, 0.29) is 11.6 Å². The maximum Gasteiger partial charge on any atom is 0.279 e. The fourth-order valence-corrected chi connectivity index (χ4v) is 3.30. The second kappa shape index (κ2) is 8.03. The highest BCUT2D eigenvalue weighted by molar-refractivity contribution is 7.14. The maximum absolute atomic E-state index is 12.4. The van der Waals surface area contributed by atoms with Gasteiger partial charge in [-0.25, -0.2) is 4.98 Å². The molecule has 0 saturated carbocycles. The summed E-state index contributed by atoms with van der Waals surface area (Å²) in [6.07, 6.45) is 3.27. The Balaban J connectivity index is 1.44. The number of hydrogen-bond donors (Lipinski definition) is 2. The molecule has 3 aromatic heterocycles. The molecule has 0 radical (unpaired) electrons. The van der Waals surface area contributed by atoms with Gasteiger partial charge in [0.05, 0.1) is 5.69 Å². The van der Waals surface area contributed by atoms with E-state index in [4.69, 9.17) is 4.52 Å². The van der Waals surface area contributed by atoms with Crippen molar-refractivity contribution in [1.82, 2.24) is 15.1 Å². The molecule has 2 amide bonds. The van der Waals surface area contributed by atoms with Crippen LogP contribution in [0, 0.1) is 0 Å². The van der Waals surface area contributed by atoms with Crippen LogP contribution in [0.15, 0.2) is 64.8 Å². The van der Waals surface area contributed by atoms with Gasteiger partial charge in [-0.3, -0.25) is 19.9 Å². The van der Waals surface area contributed by atoms with E-state index in [2.05, 4.69) is 25.8 Å². The standard InChI is InChI=1S/C20H15N5O3S/c1-12(26)22-15-4-2-13(3-5-15)17-11-29-20(23-17)24-19(27)16-10-18(28-25-16)14-6-8-21-9-7-14/h2-11H,1H3,(H,22,26)(H,23,24,27). The highest BCUT2D eigenvalue weighted by Gasteiger charge is 2.15. The van der Waals surface area contributed by atoms with Crippen LogP contribution in [0.3, 0.4) is 0 Å². The Bertz CT molecular complexity index is 1150. The Morgan fingerprint density at radius 1 is 1.00 bits per heavy atom. The van der Waals surface area contributed by atoms with Crippen molar-refractivity contribution in [2.24, 2.45) is 0 Å². The summed E-state index contributed by atoms with van der Waals surface area (Å²) in [5.41, 5.74) is 3.25. The number of benzene rings is 1. The van der Waals surface area contributed by atoms with E-state index >= 15 is 0 Å². The number of aromatic nitrogens is 3. The Morgan fingerprint density at radius 3 is 2.48 bits per heavy atom. The molecule has 144 valence electrons. The number of amides is 2. The largest absolute Gasteiger partial charge is 0.355 e. The van der Waals surface area contributed by atoms with Gasteiger partial charge in [-0.2, -0.15) is 0 Å². The van der Waals surface area contributed by atoms with Gasteiger partial charge in [0.1, 0.15) is 0 Å². The minimum atomic E-state index is -0.407. The van der Waals surface area contributed by atoms with Gasteiger partial charge >= 0.3 is 0 Å². The number of nitrogens with one attached hydrogen (secondary N) is 2. The molecule has 29 heavy (non-hydrogen) atoms. The zero-order valence-electron chi connectivity index (χ0n) is 15.2. The molecule has 8 nitrogen and oxygen atoms in total. The van der Waals surface area contributed by atoms with Gasteiger partial charge in [-0.1, -0.05) is 17.3 Å². The lowest BCUT2D eigenvalue weighted by atomic mass is 10.1. The van der Waals surface area contributed by atoms with Crippen molar-refractivity contribution < 1.29 is 14.1 Å². The molecule has 4 rings (SSSR count). The first-order chi connectivity index (χ1) is 14.1. The summed E-state index contributed by atoms with van der Waals surface area (Å²) in [4.78, 5) is 31.9. The molecule has 0 spiro atoms. The summed E-state index contributed by atoms with van der Waals surface area (Å²) < 4.78 is 5.24. The average Bonchev–Trinajstić information content (AvgIpc) is 3.39. The second-order valence-corrected chi connectivity index (χ2v) is 6.92. The van der Waals surface area contributed by atoms with Crippen molar-refractivity contribution in [3.05, 3.63) is 65.9 Å². The fourth-order valence-electron chi connectivity index (χ4n) is 2.59. The molecule has 0 aliphatic rings. The van der Waals surface area contributed by atoms with Crippen molar-refractivity contribution >= 4 is 34.0 Å². The molecule has 0 fully saturated rings. The SMILES string of the molecule is CC(=O)Nc1ccc(-c2csc(NC(=O)c3cc(-c4ccncc4)on3)n2)cc1. The van der Waals surface area contributed by atoms with Crippen LogP contribution in [0.4, 0.5) is 10.8 Å². The van der Waals surface area contributed by atoms with Gasteiger partial charge in [0.15, 0.2) is 16.6 Å². The molecule has 0 saturated heterocycles. The minimum absolute atomic E-state index is 0.128. The summed E-state index contributed by atoms with van der Waals surface area (Å²) >= 11 is 1.31. The quantitative estimate of drug-likeness (QED) is 0.518. The molecule has 0 atom stereocenters.